The van der Waals surface area contributed by atoms with E-state index in [0.717, 1.165) is 56.7 Å². The van der Waals surface area contributed by atoms with Crippen molar-refractivity contribution in [3.8, 4) is 11.5 Å². The van der Waals surface area contributed by atoms with Crippen LogP contribution in [-0.2, 0) is 11.2 Å². The third-order valence-corrected chi connectivity index (χ3v) is 4.45. The highest BCUT2D eigenvalue weighted by Crippen LogP contribution is 2.28. The lowest BCUT2D eigenvalue weighted by atomic mass is 10.1. The van der Waals surface area contributed by atoms with E-state index in [1.807, 2.05) is 19.9 Å². The average Bonchev–Trinajstić information content (AvgIpc) is 2.68. The van der Waals surface area contributed by atoms with Crippen LogP contribution < -0.4 is 20.1 Å². The molecule has 0 bridgehead atoms. The smallest absolute Gasteiger partial charge is 0.191 e. The third-order valence-electron chi connectivity index (χ3n) is 4.45. The summed E-state index contributed by atoms with van der Waals surface area (Å²) in [7, 11) is 2.12. The molecule has 0 spiro atoms. The summed E-state index contributed by atoms with van der Waals surface area (Å²) >= 11 is 0. The van der Waals surface area contributed by atoms with Crippen molar-refractivity contribution in [2.24, 2.45) is 4.99 Å². The monoisotopic (exact) mass is 392 g/mol. The van der Waals surface area contributed by atoms with Crippen LogP contribution in [0.15, 0.2) is 23.2 Å². The molecule has 0 aliphatic carbocycles. The van der Waals surface area contributed by atoms with Gasteiger partial charge in [0.05, 0.1) is 32.5 Å². The van der Waals surface area contributed by atoms with Crippen LogP contribution in [0, 0.1) is 0 Å². The van der Waals surface area contributed by atoms with Gasteiger partial charge < -0.3 is 29.7 Å². The highest BCUT2D eigenvalue weighted by atomic mass is 16.5. The molecule has 1 saturated heterocycles. The maximum atomic E-state index is 5.79. The molecule has 2 N–H and O–H groups in total. The van der Waals surface area contributed by atoms with Crippen molar-refractivity contribution in [1.82, 2.24) is 15.5 Å². The first kappa shape index (κ1) is 22.3. The first-order valence-electron chi connectivity index (χ1n) is 10.4. The van der Waals surface area contributed by atoms with E-state index in [4.69, 9.17) is 14.2 Å². The van der Waals surface area contributed by atoms with E-state index < -0.39 is 0 Å². The lowest BCUT2D eigenvalue weighted by Gasteiger charge is -2.29. The number of rotatable bonds is 10. The maximum absolute atomic E-state index is 5.79. The molecule has 1 aromatic carbocycles. The van der Waals surface area contributed by atoms with Gasteiger partial charge in [-0.15, -0.1) is 0 Å². The minimum Gasteiger partial charge on any atom is -0.490 e. The van der Waals surface area contributed by atoms with E-state index in [-0.39, 0.29) is 6.10 Å². The van der Waals surface area contributed by atoms with Crippen LogP contribution in [0.3, 0.4) is 0 Å². The van der Waals surface area contributed by atoms with Gasteiger partial charge in [0.1, 0.15) is 0 Å². The van der Waals surface area contributed by atoms with Gasteiger partial charge in [0.25, 0.3) is 0 Å². The van der Waals surface area contributed by atoms with Crippen molar-refractivity contribution in [3.05, 3.63) is 23.8 Å². The Balaban J connectivity index is 1.87. The predicted molar refractivity (Wildman–Crippen MR) is 114 cm³/mol. The second kappa shape index (κ2) is 12.5. The largest absolute Gasteiger partial charge is 0.490 e. The molecule has 1 aliphatic rings. The highest BCUT2D eigenvalue weighted by molar-refractivity contribution is 5.79. The lowest BCUT2D eigenvalue weighted by molar-refractivity contribution is -0.0136. The van der Waals surface area contributed by atoms with Crippen molar-refractivity contribution >= 4 is 5.96 Å². The number of nitrogens with one attached hydrogen (secondary N) is 2. The third kappa shape index (κ3) is 7.56. The van der Waals surface area contributed by atoms with Crippen molar-refractivity contribution in [2.75, 3.05) is 59.6 Å². The predicted octanol–water partition coefficient (Wildman–Crippen LogP) is 1.91. The summed E-state index contributed by atoms with van der Waals surface area (Å²) in [5.41, 5.74) is 1.20. The van der Waals surface area contributed by atoms with Gasteiger partial charge in [-0.2, -0.15) is 0 Å². The molecule has 1 atom stereocenters. The van der Waals surface area contributed by atoms with Crippen molar-refractivity contribution in [2.45, 2.75) is 33.3 Å². The van der Waals surface area contributed by atoms with Crippen LogP contribution in [0.2, 0.25) is 0 Å². The van der Waals surface area contributed by atoms with Gasteiger partial charge in [-0.25, -0.2) is 0 Å². The topological polar surface area (TPSA) is 67.4 Å². The van der Waals surface area contributed by atoms with Crippen LogP contribution in [0.4, 0.5) is 0 Å². The first-order valence-corrected chi connectivity index (χ1v) is 10.4. The molecule has 158 valence electrons. The molecule has 0 amide bonds. The van der Waals surface area contributed by atoms with E-state index in [0.29, 0.717) is 19.8 Å². The maximum Gasteiger partial charge on any atom is 0.191 e. The van der Waals surface area contributed by atoms with E-state index in [1.165, 1.54) is 5.56 Å². The van der Waals surface area contributed by atoms with E-state index in [9.17, 15) is 0 Å². The Morgan fingerprint density at radius 1 is 1.18 bits per heavy atom. The molecule has 1 aromatic rings. The standard InChI is InChI=1S/C21H36N4O3/c1-5-22-21(24-15-18-16-25(4)12-13-28-18)23-11-10-17-8-9-19(26-6-2)20(14-17)27-7-3/h8-9,14,18H,5-7,10-13,15-16H2,1-4H3,(H2,22,23,24). The number of hydrogen-bond donors (Lipinski definition) is 2. The van der Waals surface area contributed by atoms with Crippen molar-refractivity contribution in [3.63, 3.8) is 0 Å². The molecule has 7 heteroatoms. The van der Waals surface area contributed by atoms with Gasteiger partial charge in [-0.05, 0) is 51.9 Å². The first-order chi connectivity index (χ1) is 13.7. The van der Waals surface area contributed by atoms with Crippen LogP contribution in [-0.4, -0.2) is 76.6 Å². The van der Waals surface area contributed by atoms with Crippen LogP contribution >= 0.6 is 0 Å². The second-order valence-corrected chi connectivity index (χ2v) is 6.80. The number of likely N-dealkylation sites (N-methyl/N-ethyl adjacent to an activating group) is 1. The molecule has 1 heterocycles. The Bertz CT molecular complexity index is 609. The number of hydrogen-bond acceptors (Lipinski definition) is 5. The summed E-state index contributed by atoms with van der Waals surface area (Å²) in [6.07, 6.45) is 1.04. The minimum atomic E-state index is 0.161. The van der Waals surface area contributed by atoms with Crippen molar-refractivity contribution in [1.29, 1.82) is 0 Å². The molecule has 0 saturated carbocycles. The summed E-state index contributed by atoms with van der Waals surface area (Å²) in [5.74, 6) is 2.43. The molecule has 0 aromatic heterocycles. The summed E-state index contributed by atoms with van der Waals surface area (Å²) < 4.78 is 17.1. The van der Waals surface area contributed by atoms with Gasteiger partial charge in [-0.1, -0.05) is 6.07 Å². The number of benzene rings is 1. The molecule has 1 unspecified atom stereocenters. The summed E-state index contributed by atoms with van der Waals surface area (Å²) in [5, 5.41) is 6.71. The Labute approximate surface area is 169 Å². The molecule has 2 rings (SSSR count). The zero-order chi connectivity index (χ0) is 20.2. The molecule has 1 aliphatic heterocycles. The lowest BCUT2D eigenvalue weighted by Crippen LogP contribution is -2.43. The second-order valence-electron chi connectivity index (χ2n) is 6.80. The summed E-state index contributed by atoms with van der Waals surface area (Å²) in [4.78, 5) is 6.97. The molecular weight excluding hydrogens is 356 g/mol. The Morgan fingerprint density at radius 3 is 2.68 bits per heavy atom. The van der Waals surface area contributed by atoms with Crippen LogP contribution in [0.1, 0.15) is 26.3 Å². The van der Waals surface area contributed by atoms with Gasteiger partial charge >= 0.3 is 0 Å². The molecule has 0 radical (unpaired) electrons. The average molecular weight is 393 g/mol. The number of aliphatic imine (C=N–C) groups is 1. The van der Waals surface area contributed by atoms with E-state index in [1.54, 1.807) is 0 Å². The quantitative estimate of drug-likeness (QED) is 0.468. The fourth-order valence-corrected chi connectivity index (χ4v) is 3.09. The van der Waals surface area contributed by atoms with Crippen LogP contribution in [0.5, 0.6) is 11.5 Å². The van der Waals surface area contributed by atoms with Crippen LogP contribution in [0.25, 0.3) is 0 Å². The van der Waals surface area contributed by atoms with Gasteiger partial charge in [0, 0.05) is 26.2 Å². The van der Waals surface area contributed by atoms with Gasteiger partial charge in [-0.3, -0.25) is 4.99 Å². The SMILES string of the molecule is CCNC(=NCC1CN(C)CCO1)NCCc1ccc(OCC)c(OCC)c1. The van der Waals surface area contributed by atoms with E-state index >= 15 is 0 Å². The molecule has 28 heavy (non-hydrogen) atoms. The number of ether oxygens (including phenoxy) is 3. The zero-order valence-electron chi connectivity index (χ0n) is 17.8. The summed E-state index contributed by atoms with van der Waals surface area (Å²) in [6.45, 7) is 12.3. The fourth-order valence-electron chi connectivity index (χ4n) is 3.09. The zero-order valence-corrected chi connectivity index (χ0v) is 17.8. The minimum absolute atomic E-state index is 0.161. The Hall–Kier alpha value is -1.99. The van der Waals surface area contributed by atoms with E-state index in [2.05, 4.69) is 46.6 Å². The van der Waals surface area contributed by atoms with Crippen molar-refractivity contribution < 1.29 is 14.2 Å². The fraction of sp³-hybridized carbons (Fsp3) is 0.667. The normalized spacial score (nSPS) is 18.0. The molecule has 7 nitrogen and oxygen atoms in total. The Morgan fingerprint density at radius 2 is 1.96 bits per heavy atom. The molecule has 1 fully saturated rings. The number of guanidine groups is 1. The Kier molecular flexibility index (Phi) is 9.93. The number of nitrogens with zero attached hydrogens (tertiary/aromatic N) is 2. The highest BCUT2D eigenvalue weighted by Gasteiger charge is 2.17. The summed E-state index contributed by atoms with van der Waals surface area (Å²) in [6, 6.07) is 6.14. The van der Waals surface area contributed by atoms with Gasteiger partial charge in [0.2, 0.25) is 0 Å². The molecular formula is C21H36N4O3. The number of morpholine rings is 1. The van der Waals surface area contributed by atoms with Gasteiger partial charge in [0.15, 0.2) is 17.5 Å².